The molecule has 3 heterocycles. The highest BCUT2D eigenvalue weighted by molar-refractivity contribution is 6.32. The molecule has 0 aliphatic heterocycles. The van der Waals surface area contributed by atoms with Crippen molar-refractivity contribution in [2.75, 3.05) is 5.32 Å². The minimum absolute atomic E-state index is 0.177. The van der Waals surface area contributed by atoms with Gasteiger partial charge in [-0.2, -0.15) is 0 Å². The first-order chi connectivity index (χ1) is 9.72. The van der Waals surface area contributed by atoms with Crippen LogP contribution in [0.25, 0.3) is 5.65 Å². The summed E-state index contributed by atoms with van der Waals surface area (Å²) < 4.78 is 1.87. The molecular formula is C14H11ClN4O. The monoisotopic (exact) mass is 286 g/mol. The molecule has 6 heteroatoms. The van der Waals surface area contributed by atoms with E-state index >= 15 is 0 Å². The number of nitrogens with one attached hydrogen (secondary N) is 1. The molecule has 0 aliphatic carbocycles. The van der Waals surface area contributed by atoms with Gasteiger partial charge in [-0.3, -0.25) is 4.79 Å². The van der Waals surface area contributed by atoms with Crippen LogP contribution in [-0.2, 0) is 11.2 Å². The van der Waals surface area contributed by atoms with Crippen LogP contribution >= 0.6 is 11.6 Å². The lowest BCUT2D eigenvalue weighted by Gasteiger charge is -2.04. The van der Waals surface area contributed by atoms with Crippen molar-refractivity contribution in [3.8, 4) is 0 Å². The predicted octanol–water partition coefficient (Wildman–Crippen LogP) is 2.56. The van der Waals surface area contributed by atoms with E-state index in [1.165, 1.54) is 0 Å². The van der Waals surface area contributed by atoms with Crippen molar-refractivity contribution < 1.29 is 4.79 Å². The highest BCUT2D eigenvalue weighted by Gasteiger charge is 2.09. The van der Waals surface area contributed by atoms with Crippen LogP contribution in [0.15, 0.2) is 48.9 Å². The molecule has 1 amide bonds. The summed E-state index contributed by atoms with van der Waals surface area (Å²) >= 11 is 5.89. The van der Waals surface area contributed by atoms with Crippen LogP contribution < -0.4 is 5.32 Å². The van der Waals surface area contributed by atoms with E-state index in [-0.39, 0.29) is 17.5 Å². The lowest BCUT2D eigenvalue weighted by atomic mass is 10.3. The molecule has 5 nitrogen and oxygen atoms in total. The van der Waals surface area contributed by atoms with Gasteiger partial charge in [0.1, 0.15) is 5.65 Å². The molecule has 3 rings (SSSR count). The normalized spacial score (nSPS) is 10.7. The van der Waals surface area contributed by atoms with Gasteiger partial charge < -0.3 is 9.72 Å². The van der Waals surface area contributed by atoms with Gasteiger partial charge in [0.25, 0.3) is 0 Å². The molecule has 0 unspecified atom stereocenters. The molecule has 0 aliphatic rings. The van der Waals surface area contributed by atoms with E-state index < -0.39 is 0 Å². The number of rotatable bonds is 3. The second-order valence-electron chi connectivity index (χ2n) is 4.27. The summed E-state index contributed by atoms with van der Waals surface area (Å²) in [7, 11) is 0. The molecule has 0 fully saturated rings. The third kappa shape index (κ3) is 2.62. The van der Waals surface area contributed by atoms with E-state index in [1.54, 1.807) is 18.3 Å². The zero-order chi connectivity index (χ0) is 13.9. The van der Waals surface area contributed by atoms with Gasteiger partial charge >= 0.3 is 0 Å². The number of imidazole rings is 1. The first kappa shape index (κ1) is 12.6. The van der Waals surface area contributed by atoms with E-state index in [0.29, 0.717) is 11.4 Å². The van der Waals surface area contributed by atoms with Crippen LogP contribution in [-0.4, -0.2) is 20.3 Å². The van der Waals surface area contributed by atoms with Crippen molar-refractivity contribution in [3.05, 3.63) is 59.8 Å². The number of hydrogen-bond donors (Lipinski definition) is 1. The summed E-state index contributed by atoms with van der Waals surface area (Å²) in [6.45, 7) is 0. The number of fused-ring (bicyclic) bond motifs is 1. The Morgan fingerprint density at radius 3 is 3.00 bits per heavy atom. The standard InChI is InChI=1S/C14H11ClN4O/c15-14-11(4-3-6-16-14)18-13(20)8-10-9-19-7-2-1-5-12(19)17-10/h1-7,9H,8H2,(H,18,20). The van der Waals surface area contributed by atoms with Gasteiger partial charge in [0.05, 0.1) is 17.8 Å². The quantitative estimate of drug-likeness (QED) is 0.753. The van der Waals surface area contributed by atoms with Crippen molar-refractivity contribution in [1.29, 1.82) is 0 Å². The first-order valence-corrected chi connectivity index (χ1v) is 6.43. The summed E-state index contributed by atoms with van der Waals surface area (Å²) in [5.74, 6) is -0.177. The van der Waals surface area contributed by atoms with Gasteiger partial charge in [-0.1, -0.05) is 17.7 Å². The lowest BCUT2D eigenvalue weighted by molar-refractivity contribution is -0.115. The summed E-state index contributed by atoms with van der Waals surface area (Å²) in [6, 6.07) is 9.12. The van der Waals surface area contributed by atoms with Crippen LogP contribution in [0.2, 0.25) is 5.15 Å². The topological polar surface area (TPSA) is 59.3 Å². The van der Waals surface area contributed by atoms with Gasteiger partial charge in [-0.25, -0.2) is 9.97 Å². The summed E-state index contributed by atoms with van der Waals surface area (Å²) in [5, 5.41) is 2.99. The van der Waals surface area contributed by atoms with Crippen molar-refractivity contribution in [2.45, 2.75) is 6.42 Å². The van der Waals surface area contributed by atoms with Crippen LogP contribution in [0.5, 0.6) is 0 Å². The Balaban J connectivity index is 1.74. The molecule has 20 heavy (non-hydrogen) atoms. The smallest absolute Gasteiger partial charge is 0.230 e. The van der Waals surface area contributed by atoms with Crippen molar-refractivity contribution in [3.63, 3.8) is 0 Å². The van der Waals surface area contributed by atoms with E-state index in [4.69, 9.17) is 11.6 Å². The fourth-order valence-corrected chi connectivity index (χ4v) is 2.08. The van der Waals surface area contributed by atoms with Gasteiger partial charge in [0.2, 0.25) is 5.91 Å². The zero-order valence-corrected chi connectivity index (χ0v) is 11.2. The van der Waals surface area contributed by atoms with Crippen molar-refractivity contribution in [2.24, 2.45) is 0 Å². The molecule has 3 aromatic rings. The number of hydrogen-bond acceptors (Lipinski definition) is 3. The third-order valence-electron chi connectivity index (χ3n) is 2.79. The average molecular weight is 287 g/mol. The van der Waals surface area contributed by atoms with Crippen LogP contribution in [0, 0.1) is 0 Å². The number of nitrogens with zero attached hydrogens (tertiary/aromatic N) is 3. The molecule has 1 N–H and O–H groups in total. The van der Waals surface area contributed by atoms with Gasteiger partial charge in [-0.05, 0) is 24.3 Å². The highest BCUT2D eigenvalue weighted by atomic mass is 35.5. The Morgan fingerprint density at radius 2 is 2.20 bits per heavy atom. The molecular weight excluding hydrogens is 276 g/mol. The number of aromatic nitrogens is 3. The Hall–Kier alpha value is -2.40. The number of amides is 1. The van der Waals surface area contributed by atoms with E-state index in [1.807, 2.05) is 35.0 Å². The fourth-order valence-electron chi connectivity index (χ4n) is 1.91. The number of carbonyl (C=O) groups is 1. The molecule has 0 aromatic carbocycles. The molecule has 0 saturated carbocycles. The number of halogens is 1. The Morgan fingerprint density at radius 1 is 1.30 bits per heavy atom. The van der Waals surface area contributed by atoms with Gasteiger partial charge in [0, 0.05) is 18.6 Å². The molecule has 0 saturated heterocycles. The van der Waals surface area contributed by atoms with E-state index in [2.05, 4.69) is 15.3 Å². The molecule has 0 radical (unpaired) electrons. The maximum atomic E-state index is 12.0. The summed E-state index contributed by atoms with van der Waals surface area (Å²) in [6.07, 6.45) is 5.48. The van der Waals surface area contributed by atoms with Crippen molar-refractivity contribution >= 4 is 28.8 Å². The van der Waals surface area contributed by atoms with E-state index in [0.717, 1.165) is 5.65 Å². The number of pyridine rings is 2. The third-order valence-corrected chi connectivity index (χ3v) is 3.09. The Kier molecular flexibility index (Phi) is 3.35. The fraction of sp³-hybridized carbons (Fsp3) is 0.0714. The first-order valence-electron chi connectivity index (χ1n) is 6.05. The van der Waals surface area contributed by atoms with Crippen molar-refractivity contribution in [1.82, 2.24) is 14.4 Å². The van der Waals surface area contributed by atoms with Crippen LogP contribution in [0.1, 0.15) is 5.69 Å². The molecule has 0 spiro atoms. The minimum Gasteiger partial charge on any atom is -0.323 e. The number of anilines is 1. The maximum absolute atomic E-state index is 12.0. The minimum atomic E-state index is -0.177. The summed E-state index contributed by atoms with van der Waals surface area (Å²) in [4.78, 5) is 20.2. The average Bonchev–Trinajstić information content (AvgIpc) is 2.83. The van der Waals surface area contributed by atoms with Gasteiger partial charge in [0.15, 0.2) is 5.15 Å². The molecule has 0 atom stereocenters. The SMILES string of the molecule is O=C(Cc1cn2ccccc2n1)Nc1cccnc1Cl. The Labute approximate surface area is 120 Å². The second-order valence-corrected chi connectivity index (χ2v) is 4.62. The second kappa shape index (κ2) is 5.30. The highest BCUT2D eigenvalue weighted by Crippen LogP contribution is 2.17. The number of carbonyl (C=O) groups excluding carboxylic acids is 1. The molecule has 100 valence electrons. The predicted molar refractivity (Wildman–Crippen MR) is 76.8 cm³/mol. The zero-order valence-electron chi connectivity index (χ0n) is 10.5. The van der Waals surface area contributed by atoms with Crippen LogP contribution in [0.3, 0.4) is 0 Å². The maximum Gasteiger partial charge on any atom is 0.230 e. The summed E-state index contributed by atoms with van der Waals surface area (Å²) in [5.41, 5.74) is 2.02. The largest absolute Gasteiger partial charge is 0.323 e. The van der Waals surface area contributed by atoms with E-state index in [9.17, 15) is 4.79 Å². The molecule has 0 bridgehead atoms. The van der Waals surface area contributed by atoms with Gasteiger partial charge in [-0.15, -0.1) is 0 Å². The lowest BCUT2D eigenvalue weighted by Crippen LogP contribution is -2.15. The molecule has 3 aromatic heterocycles. The van der Waals surface area contributed by atoms with Crippen LogP contribution in [0.4, 0.5) is 5.69 Å². The Bertz CT molecular complexity index is 735.